The Morgan fingerprint density at radius 3 is 2.70 bits per heavy atom. The van der Waals surface area contributed by atoms with E-state index in [9.17, 15) is 9.59 Å². The minimum absolute atomic E-state index is 0.0889. The Labute approximate surface area is 157 Å². The number of nitrogens with zero attached hydrogens (tertiary/aromatic N) is 3. The molecule has 0 unspecified atom stereocenters. The third-order valence-electron chi connectivity index (χ3n) is 4.79. The number of rotatable bonds is 4. The molecule has 27 heavy (non-hydrogen) atoms. The van der Waals surface area contributed by atoms with E-state index in [2.05, 4.69) is 10.4 Å². The third-order valence-corrected chi connectivity index (χ3v) is 4.79. The normalized spacial score (nSPS) is 15.7. The van der Waals surface area contributed by atoms with Crippen LogP contribution in [0.15, 0.2) is 67.0 Å². The molecule has 2 aromatic carbocycles. The number of amides is 2. The molecule has 6 heteroatoms. The van der Waals surface area contributed by atoms with Crippen molar-refractivity contribution in [3.63, 3.8) is 0 Å². The predicted molar refractivity (Wildman–Crippen MR) is 101 cm³/mol. The zero-order valence-corrected chi connectivity index (χ0v) is 15.0. The molecular formula is C21H20N4O2. The molecule has 1 N–H and O–H groups in total. The molecule has 0 fully saturated rings. The van der Waals surface area contributed by atoms with Crippen LogP contribution in [0.3, 0.4) is 0 Å². The van der Waals surface area contributed by atoms with Gasteiger partial charge in [0.25, 0.3) is 5.91 Å². The van der Waals surface area contributed by atoms with Gasteiger partial charge in [-0.2, -0.15) is 5.10 Å². The zero-order chi connectivity index (χ0) is 18.8. The van der Waals surface area contributed by atoms with Crippen LogP contribution < -0.4 is 5.32 Å². The molecule has 3 aromatic rings. The van der Waals surface area contributed by atoms with Gasteiger partial charge in [0.05, 0.1) is 5.69 Å². The Hall–Kier alpha value is -3.41. The first-order valence-corrected chi connectivity index (χ1v) is 8.84. The predicted octanol–water partition coefficient (Wildman–Crippen LogP) is 2.19. The van der Waals surface area contributed by atoms with Gasteiger partial charge in [0.15, 0.2) is 0 Å². The summed E-state index contributed by atoms with van der Waals surface area (Å²) in [7, 11) is 1.76. The first kappa shape index (κ1) is 17.0. The van der Waals surface area contributed by atoms with Crippen LogP contribution in [0.1, 0.15) is 21.5 Å². The highest BCUT2D eigenvalue weighted by Crippen LogP contribution is 2.18. The fourth-order valence-corrected chi connectivity index (χ4v) is 3.37. The lowest BCUT2D eigenvalue weighted by Gasteiger charge is -2.28. The molecule has 4 rings (SSSR count). The van der Waals surface area contributed by atoms with Crippen LogP contribution in [-0.2, 0) is 17.8 Å². The van der Waals surface area contributed by atoms with Crippen LogP contribution >= 0.6 is 0 Å². The number of fused-ring (bicyclic) bond motifs is 1. The second-order valence-corrected chi connectivity index (χ2v) is 6.70. The first-order valence-electron chi connectivity index (χ1n) is 8.84. The Morgan fingerprint density at radius 2 is 1.96 bits per heavy atom. The summed E-state index contributed by atoms with van der Waals surface area (Å²) in [5.41, 5.74) is 3.55. The van der Waals surface area contributed by atoms with E-state index in [4.69, 9.17) is 0 Å². The van der Waals surface area contributed by atoms with E-state index in [1.54, 1.807) is 28.9 Å². The SMILES string of the molecule is CN(Cc1ccc(-n2cccn2)cc1)C(=O)[C@H]1Cc2ccccc2C(=O)N1. The van der Waals surface area contributed by atoms with Crippen molar-refractivity contribution in [3.05, 3.63) is 83.7 Å². The van der Waals surface area contributed by atoms with Crippen molar-refractivity contribution in [1.82, 2.24) is 20.0 Å². The summed E-state index contributed by atoms with van der Waals surface area (Å²) in [6, 6.07) is 16.7. The minimum Gasteiger partial charge on any atom is -0.340 e. The van der Waals surface area contributed by atoms with E-state index in [1.807, 2.05) is 54.7 Å². The smallest absolute Gasteiger partial charge is 0.252 e. The van der Waals surface area contributed by atoms with Crippen molar-refractivity contribution in [2.24, 2.45) is 0 Å². The summed E-state index contributed by atoms with van der Waals surface area (Å²) in [4.78, 5) is 26.7. The minimum atomic E-state index is -0.527. The topological polar surface area (TPSA) is 67.2 Å². The number of aromatic nitrogens is 2. The molecule has 6 nitrogen and oxygen atoms in total. The Balaban J connectivity index is 1.43. The summed E-state index contributed by atoms with van der Waals surface area (Å²) in [6.07, 6.45) is 4.13. The zero-order valence-electron chi connectivity index (χ0n) is 15.0. The maximum absolute atomic E-state index is 12.8. The Kier molecular flexibility index (Phi) is 4.46. The van der Waals surface area contributed by atoms with Crippen molar-refractivity contribution < 1.29 is 9.59 Å². The van der Waals surface area contributed by atoms with Crippen molar-refractivity contribution in [1.29, 1.82) is 0 Å². The monoisotopic (exact) mass is 360 g/mol. The molecule has 1 atom stereocenters. The third kappa shape index (κ3) is 3.46. The van der Waals surface area contributed by atoms with E-state index >= 15 is 0 Å². The lowest BCUT2D eigenvalue weighted by Crippen LogP contribution is -2.51. The van der Waals surface area contributed by atoms with E-state index in [1.165, 1.54) is 0 Å². The molecule has 2 heterocycles. The van der Waals surface area contributed by atoms with Crippen LogP contribution in [0, 0.1) is 0 Å². The fourth-order valence-electron chi connectivity index (χ4n) is 3.37. The van der Waals surface area contributed by atoms with E-state index in [-0.39, 0.29) is 11.8 Å². The quantitative estimate of drug-likeness (QED) is 0.776. The molecule has 1 aliphatic rings. The number of carbonyl (C=O) groups excluding carboxylic acids is 2. The van der Waals surface area contributed by atoms with E-state index in [0.717, 1.165) is 16.8 Å². The van der Waals surface area contributed by atoms with Gasteiger partial charge in [0, 0.05) is 38.0 Å². The maximum Gasteiger partial charge on any atom is 0.252 e. The molecule has 136 valence electrons. The van der Waals surface area contributed by atoms with Gasteiger partial charge in [-0.15, -0.1) is 0 Å². The van der Waals surface area contributed by atoms with Gasteiger partial charge < -0.3 is 10.2 Å². The van der Waals surface area contributed by atoms with Gasteiger partial charge in [-0.05, 0) is 35.4 Å². The van der Waals surface area contributed by atoms with Crippen LogP contribution in [0.4, 0.5) is 0 Å². The number of benzene rings is 2. The van der Waals surface area contributed by atoms with Gasteiger partial charge in [-0.3, -0.25) is 9.59 Å². The largest absolute Gasteiger partial charge is 0.340 e. The fraction of sp³-hybridized carbons (Fsp3) is 0.190. The van der Waals surface area contributed by atoms with Crippen LogP contribution in [0.25, 0.3) is 5.69 Å². The molecule has 1 aromatic heterocycles. The average molecular weight is 360 g/mol. The summed E-state index contributed by atoms with van der Waals surface area (Å²) in [5, 5.41) is 7.03. The van der Waals surface area contributed by atoms with Gasteiger partial charge in [-0.1, -0.05) is 30.3 Å². The second kappa shape index (κ2) is 7.07. The van der Waals surface area contributed by atoms with Gasteiger partial charge in [0.2, 0.25) is 5.91 Å². The molecular weight excluding hydrogens is 340 g/mol. The molecule has 0 spiro atoms. The highest BCUT2D eigenvalue weighted by Gasteiger charge is 2.30. The molecule has 0 saturated carbocycles. The Morgan fingerprint density at radius 1 is 1.19 bits per heavy atom. The van der Waals surface area contributed by atoms with E-state index in [0.29, 0.717) is 18.5 Å². The van der Waals surface area contributed by atoms with Crippen LogP contribution in [-0.4, -0.2) is 39.6 Å². The van der Waals surface area contributed by atoms with Gasteiger partial charge >= 0.3 is 0 Å². The van der Waals surface area contributed by atoms with Crippen LogP contribution in [0.2, 0.25) is 0 Å². The molecule has 0 bridgehead atoms. The second-order valence-electron chi connectivity index (χ2n) is 6.70. The lowest BCUT2D eigenvalue weighted by molar-refractivity contribution is -0.132. The summed E-state index contributed by atoms with van der Waals surface area (Å²) in [5.74, 6) is -0.277. The number of hydrogen-bond acceptors (Lipinski definition) is 3. The number of hydrogen-bond donors (Lipinski definition) is 1. The molecule has 1 aliphatic heterocycles. The van der Waals surface area contributed by atoms with Crippen molar-refractivity contribution in [2.75, 3.05) is 7.05 Å². The van der Waals surface area contributed by atoms with Crippen molar-refractivity contribution >= 4 is 11.8 Å². The summed E-state index contributed by atoms with van der Waals surface area (Å²) < 4.78 is 1.79. The number of nitrogens with one attached hydrogen (secondary N) is 1. The molecule has 2 amide bonds. The van der Waals surface area contributed by atoms with Gasteiger partial charge in [-0.25, -0.2) is 4.68 Å². The summed E-state index contributed by atoms with van der Waals surface area (Å²) in [6.45, 7) is 0.478. The maximum atomic E-state index is 12.8. The lowest BCUT2D eigenvalue weighted by atomic mass is 9.94. The van der Waals surface area contributed by atoms with E-state index < -0.39 is 6.04 Å². The van der Waals surface area contributed by atoms with Gasteiger partial charge in [0.1, 0.15) is 6.04 Å². The molecule has 0 saturated heterocycles. The van der Waals surface area contributed by atoms with Crippen molar-refractivity contribution in [2.45, 2.75) is 19.0 Å². The average Bonchev–Trinajstić information content (AvgIpc) is 3.23. The number of carbonyl (C=O) groups is 2. The molecule has 0 radical (unpaired) electrons. The number of likely N-dealkylation sites (N-methyl/N-ethyl adjacent to an activating group) is 1. The molecule has 0 aliphatic carbocycles. The van der Waals surface area contributed by atoms with Crippen molar-refractivity contribution in [3.8, 4) is 5.69 Å². The highest BCUT2D eigenvalue weighted by atomic mass is 16.2. The van der Waals surface area contributed by atoms with Crippen LogP contribution in [0.5, 0.6) is 0 Å². The summed E-state index contributed by atoms with van der Waals surface area (Å²) >= 11 is 0. The standard InChI is InChI=1S/C21H20N4O2/c1-24(14-15-7-9-17(10-8-15)25-12-4-11-22-25)21(27)19-13-16-5-2-3-6-18(16)20(26)23-19/h2-12,19H,13-14H2,1H3,(H,23,26)/t19-/m1/s1. The Bertz CT molecular complexity index is 964. The first-order chi connectivity index (χ1) is 13.1. The highest BCUT2D eigenvalue weighted by molar-refractivity contribution is 6.00.